The molecule has 2 aliphatic heterocycles. The van der Waals surface area contributed by atoms with Gasteiger partial charge in [0.05, 0.1) is 5.92 Å². The molecule has 0 unspecified atom stereocenters. The first-order valence-corrected chi connectivity index (χ1v) is 9.81. The number of esters is 1. The summed E-state index contributed by atoms with van der Waals surface area (Å²) in [6.45, 7) is 8.43. The summed E-state index contributed by atoms with van der Waals surface area (Å²) >= 11 is 0. The molecule has 1 saturated heterocycles. The molecular weight excluding hydrogens is 361 g/mol. The Morgan fingerprint density at radius 1 is 1.29 bits per heavy atom. The largest absolute Gasteiger partial charge is 0.432 e. The van der Waals surface area contributed by atoms with Gasteiger partial charge in [-0.2, -0.15) is 0 Å². The van der Waals surface area contributed by atoms with Gasteiger partial charge in [-0.25, -0.2) is 9.18 Å². The smallest absolute Gasteiger partial charge is 0.338 e. The molecule has 0 bridgehead atoms. The van der Waals surface area contributed by atoms with Crippen LogP contribution in [0.15, 0.2) is 30.3 Å². The van der Waals surface area contributed by atoms with E-state index >= 15 is 0 Å². The van der Waals surface area contributed by atoms with Gasteiger partial charge in [0.2, 0.25) is 11.7 Å². The molecule has 5 nitrogen and oxygen atoms in total. The maximum absolute atomic E-state index is 13.2. The van der Waals surface area contributed by atoms with Crippen LogP contribution in [0.1, 0.15) is 46.1 Å². The molecular formula is C22H28FNO4. The van der Waals surface area contributed by atoms with Crippen molar-refractivity contribution in [1.29, 1.82) is 0 Å². The van der Waals surface area contributed by atoms with E-state index in [1.807, 2.05) is 19.9 Å². The van der Waals surface area contributed by atoms with Gasteiger partial charge >= 0.3 is 5.97 Å². The van der Waals surface area contributed by atoms with Gasteiger partial charge < -0.3 is 14.4 Å². The van der Waals surface area contributed by atoms with Gasteiger partial charge in [0.1, 0.15) is 5.82 Å². The van der Waals surface area contributed by atoms with Crippen molar-refractivity contribution >= 4 is 17.4 Å². The van der Waals surface area contributed by atoms with E-state index in [4.69, 9.17) is 9.47 Å². The number of amides is 1. The normalized spacial score (nSPS) is 22.8. The molecule has 28 heavy (non-hydrogen) atoms. The number of rotatable bonds is 5. The fraction of sp³-hybridized carbons (Fsp3) is 0.545. The Labute approximate surface area is 165 Å². The average molecular weight is 389 g/mol. The first-order valence-electron chi connectivity index (χ1n) is 9.81. The highest BCUT2D eigenvalue weighted by atomic mass is 19.1. The molecule has 0 aromatic heterocycles. The molecule has 0 saturated carbocycles. The maximum atomic E-state index is 13.2. The topological polar surface area (TPSA) is 55.8 Å². The molecule has 2 heterocycles. The maximum Gasteiger partial charge on any atom is 0.338 e. The zero-order valence-corrected chi connectivity index (χ0v) is 16.9. The molecule has 6 heteroatoms. The van der Waals surface area contributed by atoms with Crippen molar-refractivity contribution in [2.45, 2.75) is 52.4 Å². The number of cyclic esters (lactones) is 1. The SMILES string of the molecule is CC(C)C[C@H](C(=O)N1CC=C(c2ccc(F)cc2)CC1)[C@@H]1OC(C)(C)OC1=O. The summed E-state index contributed by atoms with van der Waals surface area (Å²) in [5.74, 6) is -2.14. The summed E-state index contributed by atoms with van der Waals surface area (Å²) in [6.07, 6.45) is 2.37. The van der Waals surface area contributed by atoms with E-state index in [-0.39, 0.29) is 17.6 Å². The van der Waals surface area contributed by atoms with Gasteiger partial charge in [-0.3, -0.25) is 4.79 Å². The second kappa shape index (κ2) is 8.03. The van der Waals surface area contributed by atoms with Crippen LogP contribution in [0, 0.1) is 17.7 Å². The first kappa shape index (κ1) is 20.5. The van der Waals surface area contributed by atoms with Gasteiger partial charge in [0.15, 0.2) is 6.10 Å². The van der Waals surface area contributed by atoms with E-state index in [0.717, 1.165) is 11.1 Å². The number of hydrogen-bond acceptors (Lipinski definition) is 4. The molecule has 0 radical (unpaired) electrons. The monoisotopic (exact) mass is 389 g/mol. The lowest BCUT2D eigenvalue weighted by molar-refractivity contribution is -0.163. The van der Waals surface area contributed by atoms with Crippen molar-refractivity contribution < 1.29 is 23.5 Å². The molecule has 0 aliphatic carbocycles. The minimum Gasteiger partial charge on any atom is -0.432 e. The molecule has 0 N–H and O–H groups in total. The van der Waals surface area contributed by atoms with Crippen LogP contribution < -0.4 is 0 Å². The van der Waals surface area contributed by atoms with E-state index in [2.05, 4.69) is 0 Å². The van der Waals surface area contributed by atoms with Gasteiger partial charge in [-0.1, -0.05) is 32.1 Å². The van der Waals surface area contributed by atoms with Gasteiger partial charge in [-0.15, -0.1) is 0 Å². The van der Waals surface area contributed by atoms with Crippen molar-refractivity contribution in [3.8, 4) is 0 Å². The zero-order valence-electron chi connectivity index (χ0n) is 16.9. The zero-order chi connectivity index (χ0) is 20.5. The Morgan fingerprint density at radius 2 is 1.96 bits per heavy atom. The van der Waals surface area contributed by atoms with Crippen LogP contribution in [0.4, 0.5) is 4.39 Å². The standard InChI is InChI=1S/C22H28FNO4/c1-14(2)13-18(19-21(26)28-22(3,4)27-19)20(25)24-11-9-16(10-12-24)15-5-7-17(23)8-6-15/h5-9,14,18-19H,10-13H2,1-4H3/t18-,19-/m0/s1. The second-order valence-electron chi connectivity index (χ2n) is 8.37. The summed E-state index contributed by atoms with van der Waals surface area (Å²) in [5, 5.41) is 0. The number of carbonyl (C=O) groups is 2. The van der Waals surface area contributed by atoms with Crippen molar-refractivity contribution in [3.05, 3.63) is 41.7 Å². The van der Waals surface area contributed by atoms with Gasteiger partial charge in [-0.05, 0) is 42.0 Å². The number of benzene rings is 1. The second-order valence-corrected chi connectivity index (χ2v) is 8.37. The van der Waals surface area contributed by atoms with Crippen LogP contribution in [0.2, 0.25) is 0 Å². The highest BCUT2D eigenvalue weighted by Gasteiger charge is 2.48. The Bertz CT molecular complexity index is 769. The van der Waals surface area contributed by atoms with Gasteiger partial charge in [0, 0.05) is 26.9 Å². The van der Waals surface area contributed by atoms with E-state index in [1.54, 1.807) is 30.9 Å². The van der Waals surface area contributed by atoms with E-state index in [1.165, 1.54) is 12.1 Å². The molecule has 152 valence electrons. The lowest BCUT2D eigenvalue weighted by Gasteiger charge is -2.32. The summed E-state index contributed by atoms with van der Waals surface area (Å²) in [5.41, 5.74) is 2.07. The molecule has 1 aromatic carbocycles. The number of ether oxygens (including phenoxy) is 2. The first-order chi connectivity index (χ1) is 13.2. The Morgan fingerprint density at radius 3 is 2.46 bits per heavy atom. The van der Waals surface area contributed by atoms with E-state index in [9.17, 15) is 14.0 Å². The lowest BCUT2D eigenvalue weighted by atomic mass is 9.89. The van der Waals surface area contributed by atoms with Gasteiger partial charge in [0.25, 0.3) is 0 Å². The summed E-state index contributed by atoms with van der Waals surface area (Å²) in [4.78, 5) is 27.3. The Hall–Kier alpha value is -2.21. The molecule has 3 rings (SSSR count). The third-order valence-corrected chi connectivity index (χ3v) is 5.13. The molecule has 2 atom stereocenters. The van der Waals surface area contributed by atoms with Crippen molar-refractivity contribution in [2.75, 3.05) is 13.1 Å². The lowest BCUT2D eigenvalue weighted by Crippen LogP contribution is -2.45. The number of nitrogens with zero attached hydrogens (tertiary/aromatic N) is 1. The Kier molecular flexibility index (Phi) is 5.89. The highest BCUT2D eigenvalue weighted by molar-refractivity contribution is 5.88. The third-order valence-electron chi connectivity index (χ3n) is 5.13. The van der Waals surface area contributed by atoms with Crippen LogP contribution in [-0.4, -0.2) is 41.8 Å². The predicted octanol–water partition coefficient (Wildman–Crippen LogP) is 3.78. The fourth-order valence-electron chi connectivity index (χ4n) is 3.82. The summed E-state index contributed by atoms with van der Waals surface area (Å²) < 4.78 is 24.2. The predicted molar refractivity (Wildman–Crippen MR) is 104 cm³/mol. The quantitative estimate of drug-likeness (QED) is 0.719. The third kappa shape index (κ3) is 4.61. The minimum absolute atomic E-state index is 0.0808. The molecule has 0 spiro atoms. The molecule has 1 fully saturated rings. The summed E-state index contributed by atoms with van der Waals surface area (Å²) in [7, 11) is 0. The Balaban J connectivity index is 1.73. The van der Waals surface area contributed by atoms with Crippen LogP contribution in [-0.2, 0) is 19.1 Å². The van der Waals surface area contributed by atoms with Crippen molar-refractivity contribution in [1.82, 2.24) is 4.90 Å². The molecule has 1 amide bonds. The van der Waals surface area contributed by atoms with Crippen LogP contribution in [0.3, 0.4) is 0 Å². The number of carbonyl (C=O) groups excluding carboxylic acids is 2. The highest BCUT2D eigenvalue weighted by Crippen LogP contribution is 2.33. The minimum atomic E-state index is -1.01. The molecule has 1 aromatic rings. The molecule has 2 aliphatic rings. The van der Waals surface area contributed by atoms with E-state index in [0.29, 0.717) is 25.9 Å². The number of halogens is 1. The van der Waals surface area contributed by atoms with Crippen LogP contribution in [0.5, 0.6) is 0 Å². The van der Waals surface area contributed by atoms with Crippen molar-refractivity contribution in [2.24, 2.45) is 11.8 Å². The van der Waals surface area contributed by atoms with Crippen LogP contribution in [0.25, 0.3) is 5.57 Å². The van der Waals surface area contributed by atoms with Crippen molar-refractivity contribution in [3.63, 3.8) is 0 Å². The van der Waals surface area contributed by atoms with Crippen LogP contribution >= 0.6 is 0 Å². The fourth-order valence-corrected chi connectivity index (χ4v) is 3.82. The number of hydrogen-bond donors (Lipinski definition) is 0. The van der Waals surface area contributed by atoms with E-state index < -0.39 is 23.8 Å². The summed E-state index contributed by atoms with van der Waals surface area (Å²) in [6, 6.07) is 6.39. The average Bonchev–Trinajstić information content (AvgIpc) is 2.92.